The van der Waals surface area contributed by atoms with Crippen molar-refractivity contribution in [2.45, 2.75) is 41.5 Å². The molecule has 0 unspecified atom stereocenters. The van der Waals surface area contributed by atoms with Crippen LogP contribution in [0.1, 0.15) is 41.5 Å². The fourth-order valence-electron chi connectivity index (χ4n) is 0.582. The van der Waals surface area contributed by atoms with Gasteiger partial charge in [0.15, 0.2) is 0 Å². The van der Waals surface area contributed by atoms with Gasteiger partial charge in [-0.2, -0.15) is 0 Å². The Morgan fingerprint density at radius 3 is 1.00 bits per heavy atom. The van der Waals surface area contributed by atoms with E-state index in [2.05, 4.69) is 26.3 Å². The van der Waals surface area contributed by atoms with Crippen molar-refractivity contribution in [2.24, 2.45) is 0 Å². The zero-order valence-corrected chi connectivity index (χ0v) is 13.3. The van der Waals surface area contributed by atoms with E-state index in [9.17, 15) is 0 Å². The lowest BCUT2D eigenvalue weighted by molar-refractivity contribution is 1.50. The molecule has 0 heteroatoms. The van der Waals surface area contributed by atoms with E-state index >= 15 is 0 Å². The molecule has 0 aromatic carbocycles. The molecule has 0 rings (SSSR count). The third-order valence-corrected chi connectivity index (χ3v) is 1.28. The summed E-state index contributed by atoms with van der Waals surface area (Å²) in [5.74, 6) is 0. The van der Waals surface area contributed by atoms with Gasteiger partial charge in [-0.3, -0.25) is 0 Å². The lowest BCUT2D eigenvalue weighted by Gasteiger charge is -1.96. The van der Waals surface area contributed by atoms with Gasteiger partial charge in [0, 0.05) is 0 Å². The summed E-state index contributed by atoms with van der Waals surface area (Å²) in [4.78, 5) is 0. The maximum Gasteiger partial charge on any atom is -0.0262 e. The average Bonchev–Trinajstić information content (AvgIpc) is 2.48. The van der Waals surface area contributed by atoms with E-state index < -0.39 is 0 Å². The molecule has 0 heterocycles. The molecule has 0 aliphatic rings. The number of hydrogen-bond donors (Lipinski definition) is 0. The minimum absolute atomic E-state index is 0.882. The van der Waals surface area contributed by atoms with Crippen molar-refractivity contribution in [3.63, 3.8) is 0 Å². The van der Waals surface area contributed by atoms with Crippen LogP contribution in [0.5, 0.6) is 0 Å². The molecule has 0 atom stereocenters. The van der Waals surface area contributed by atoms with Gasteiger partial charge in [0.2, 0.25) is 0 Å². The minimum Gasteiger partial charge on any atom is -0.0991 e. The summed E-state index contributed by atoms with van der Waals surface area (Å²) >= 11 is 0. The molecule has 0 nitrogen and oxygen atoms in total. The van der Waals surface area contributed by atoms with E-state index in [1.165, 1.54) is 0 Å². The molecule has 0 aliphatic carbocycles. The number of allylic oxidation sites excluding steroid dienone is 8. The summed E-state index contributed by atoms with van der Waals surface area (Å²) < 4.78 is 0. The fraction of sp³-hybridized carbons (Fsp3) is 0.333. The van der Waals surface area contributed by atoms with Crippen LogP contribution in [0, 0.1) is 0 Å². The van der Waals surface area contributed by atoms with Gasteiger partial charge in [0.1, 0.15) is 0 Å². The van der Waals surface area contributed by atoms with Gasteiger partial charge in [-0.25, -0.2) is 0 Å². The molecular formula is C18H32. The summed E-state index contributed by atoms with van der Waals surface area (Å²) in [6.45, 7) is 26.8. The van der Waals surface area contributed by atoms with Crippen LogP contribution in [0.15, 0.2) is 73.9 Å². The van der Waals surface area contributed by atoms with Crippen LogP contribution < -0.4 is 0 Å². The second kappa shape index (κ2) is 29.5. The number of hydrogen-bond acceptors (Lipinski definition) is 0. The first-order valence-corrected chi connectivity index (χ1v) is 6.68. The quantitative estimate of drug-likeness (QED) is 0.477. The van der Waals surface area contributed by atoms with Crippen LogP contribution in [-0.2, 0) is 0 Å². The lowest BCUT2D eigenvalue weighted by atomic mass is 10.1. The van der Waals surface area contributed by atoms with E-state index in [0.717, 1.165) is 11.1 Å². The third kappa shape index (κ3) is 23.9. The van der Waals surface area contributed by atoms with E-state index in [4.69, 9.17) is 0 Å². The summed E-state index contributed by atoms with van der Waals surface area (Å²) in [7, 11) is 0. The summed E-state index contributed by atoms with van der Waals surface area (Å²) in [5, 5.41) is 0. The highest BCUT2D eigenvalue weighted by molar-refractivity contribution is 5.43. The van der Waals surface area contributed by atoms with Gasteiger partial charge in [-0.05, 0) is 11.1 Å². The highest BCUT2D eigenvalue weighted by Gasteiger charge is 1.88. The second-order valence-corrected chi connectivity index (χ2v) is 2.24. The molecular weight excluding hydrogens is 216 g/mol. The minimum atomic E-state index is 0.882. The molecule has 0 spiro atoms. The maximum absolute atomic E-state index is 3.83. The average molecular weight is 248 g/mol. The molecule has 0 radical (unpaired) electrons. The highest BCUT2D eigenvalue weighted by Crippen LogP contribution is 2.07. The van der Waals surface area contributed by atoms with Crippen LogP contribution in [0.4, 0.5) is 0 Å². The van der Waals surface area contributed by atoms with Gasteiger partial charge < -0.3 is 0 Å². The predicted molar refractivity (Wildman–Crippen MR) is 91.0 cm³/mol. The first-order valence-electron chi connectivity index (χ1n) is 6.68. The van der Waals surface area contributed by atoms with Crippen molar-refractivity contribution in [3.8, 4) is 0 Å². The molecule has 0 saturated carbocycles. The second-order valence-electron chi connectivity index (χ2n) is 2.24. The van der Waals surface area contributed by atoms with Crippen molar-refractivity contribution >= 4 is 0 Å². The van der Waals surface area contributed by atoms with E-state index in [0.29, 0.717) is 0 Å². The molecule has 0 aromatic heterocycles. The Kier molecular flexibility index (Phi) is 41.6. The molecule has 0 aromatic rings. The monoisotopic (exact) mass is 248 g/mol. The first-order chi connectivity index (χ1) is 8.72. The van der Waals surface area contributed by atoms with Gasteiger partial charge in [0.25, 0.3) is 0 Å². The molecule has 0 N–H and O–H groups in total. The summed E-state index contributed by atoms with van der Waals surface area (Å²) in [6.07, 6.45) is 10.8. The lowest BCUT2D eigenvalue weighted by Crippen LogP contribution is -1.76. The highest BCUT2D eigenvalue weighted by atomic mass is 13.9. The Morgan fingerprint density at radius 1 is 0.611 bits per heavy atom. The Hall–Kier alpha value is -1.56. The largest absolute Gasteiger partial charge is 0.0991 e. The van der Waals surface area contributed by atoms with Crippen LogP contribution in [0.2, 0.25) is 0 Å². The van der Waals surface area contributed by atoms with Crippen LogP contribution in [0.25, 0.3) is 0 Å². The third-order valence-electron chi connectivity index (χ3n) is 1.28. The van der Waals surface area contributed by atoms with Crippen molar-refractivity contribution in [1.82, 2.24) is 0 Å². The molecule has 0 saturated heterocycles. The van der Waals surface area contributed by atoms with Gasteiger partial charge >= 0.3 is 0 Å². The van der Waals surface area contributed by atoms with Gasteiger partial charge in [-0.15, -0.1) is 0 Å². The summed E-state index contributed by atoms with van der Waals surface area (Å²) in [5.41, 5.74) is 1.76. The summed E-state index contributed by atoms with van der Waals surface area (Å²) in [6, 6.07) is 0. The Labute approximate surface area is 116 Å². The van der Waals surface area contributed by atoms with Crippen LogP contribution in [-0.4, -0.2) is 0 Å². The topological polar surface area (TPSA) is 0 Å². The Morgan fingerprint density at radius 2 is 0.833 bits per heavy atom. The van der Waals surface area contributed by atoms with E-state index in [1.54, 1.807) is 12.2 Å². The molecule has 0 bridgehead atoms. The van der Waals surface area contributed by atoms with Crippen LogP contribution in [0.3, 0.4) is 0 Å². The van der Waals surface area contributed by atoms with Crippen molar-refractivity contribution in [2.75, 3.05) is 0 Å². The SMILES string of the molecule is C=C/C=C\C(=C)C(=C)/C=C\C=C.CC.CC.CC. The fourth-order valence-corrected chi connectivity index (χ4v) is 0.582. The normalized spacial score (nSPS) is 7.89. The Balaban J connectivity index is -0.000000141. The molecule has 104 valence electrons. The Bertz CT molecular complexity index is 221. The van der Waals surface area contributed by atoms with E-state index in [-0.39, 0.29) is 0 Å². The standard InChI is InChI=1S/C12H14.3C2H6/c1-5-7-9-11(3)12(4)10-8-6-2;3*1-2/h5-10H,1-4H2;3*1-2H3/b9-7-,10-8-;;;. The molecule has 18 heavy (non-hydrogen) atoms. The maximum atomic E-state index is 3.83. The van der Waals surface area contributed by atoms with Gasteiger partial charge in [-0.1, -0.05) is 104 Å². The van der Waals surface area contributed by atoms with Crippen molar-refractivity contribution < 1.29 is 0 Å². The molecule has 0 aliphatic heterocycles. The van der Waals surface area contributed by atoms with Crippen molar-refractivity contribution in [3.05, 3.63) is 73.9 Å². The van der Waals surface area contributed by atoms with Crippen molar-refractivity contribution in [1.29, 1.82) is 0 Å². The smallest absolute Gasteiger partial charge is 0.0262 e. The zero-order valence-electron chi connectivity index (χ0n) is 13.3. The van der Waals surface area contributed by atoms with Crippen LogP contribution >= 0.6 is 0 Å². The molecule has 0 amide bonds. The number of rotatable bonds is 5. The zero-order chi connectivity index (χ0) is 15.4. The molecule has 0 fully saturated rings. The first kappa shape index (κ1) is 25.3. The van der Waals surface area contributed by atoms with Gasteiger partial charge in [0.05, 0.1) is 0 Å². The predicted octanol–water partition coefficient (Wildman–Crippen LogP) is 6.66. The van der Waals surface area contributed by atoms with E-state index in [1.807, 2.05) is 65.8 Å².